The molecule has 5 heteroatoms. The van der Waals surface area contributed by atoms with E-state index < -0.39 is 0 Å². The van der Waals surface area contributed by atoms with Gasteiger partial charge in [0.15, 0.2) is 0 Å². The fourth-order valence-corrected chi connectivity index (χ4v) is 1.76. The normalized spacial score (nSPS) is 28.2. The SMILES string of the molecule is CC1ON=C2c3ccnnc3OCC21. The lowest BCUT2D eigenvalue weighted by Gasteiger charge is -2.21. The summed E-state index contributed by atoms with van der Waals surface area (Å²) in [6.07, 6.45) is 1.72. The van der Waals surface area contributed by atoms with Crippen LogP contribution >= 0.6 is 0 Å². The third kappa shape index (κ3) is 0.921. The largest absolute Gasteiger partial charge is 0.475 e. The molecule has 0 radical (unpaired) electrons. The molecule has 2 aliphatic rings. The fraction of sp³-hybridized carbons (Fsp3) is 0.444. The van der Waals surface area contributed by atoms with Crippen molar-refractivity contribution in [2.75, 3.05) is 6.61 Å². The maximum atomic E-state index is 5.47. The highest BCUT2D eigenvalue weighted by Crippen LogP contribution is 2.31. The maximum absolute atomic E-state index is 5.47. The van der Waals surface area contributed by atoms with E-state index in [1.54, 1.807) is 6.20 Å². The average molecular weight is 191 g/mol. The molecule has 0 aliphatic carbocycles. The molecular formula is C9H9N3O2. The van der Waals surface area contributed by atoms with Gasteiger partial charge in [-0.3, -0.25) is 0 Å². The lowest BCUT2D eigenvalue weighted by atomic mass is 9.93. The van der Waals surface area contributed by atoms with Crippen LogP contribution in [-0.4, -0.2) is 28.6 Å². The van der Waals surface area contributed by atoms with E-state index >= 15 is 0 Å². The molecule has 0 saturated carbocycles. The Balaban J connectivity index is 2.10. The van der Waals surface area contributed by atoms with Crippen LogP contribution in [0.15, 0.2) is 17.4 Å². The minimum Gasteiger partial charge on any atom is -0.475 e. The highest BCUT2D eigenvalue weighted by Gasteiger charge is 2.37. The first kappa shape index (κ1) is 7.73. The molecule has 2 aliphatic heterocycles. The zero-order valence-electron chi connectivity index (χ0n) is 7.67. The van der Waals surface area contributed by atoms with Crippen molar-refractivity contribution in [3.8, 4) is 5.88 Å². The molecule has 3 heterocycles. The Labute approximate surface area is 80.7 Å². The topological polar surface area (TPSA) is 56.6 Å². The monoisotopic (exact) mass is 191 g/mol. The first-order chi connectivity index (χ1) is 6.86. The van der Waals surface area contributed by atoms with Crippen molar-refractivity contribution in [3.05, 3.63) is 17.8 Å². The van der Waals surface area contributed by atoms with Gasteiger partial charge in [0.1, 0.15) is 18.4 Å². The standard InChI is InChI=1S/C9H9N3O2/c1-5-7-4-13-9-6(2-3-10-11-9)8(7)12-14-5/h2-3,5,7H,4H2,1H3. The predicted octanol–water partition coefficient (Wildman–Crippen LogP) is 0.608. The summed E-state index contributed by atoms with van der Waals surface area (Å²) in [6, 6.07) is 1.86. The molecule has 1 aromatic rings. The minimum atomic E-state index is 0.0892. The van der Waals surface area contributed by atoms with Crippen molar-refractivity contribution in [3.63, 3.8) is 0 Å². The van der Waals surface area contributed by atoms with Gasteiger partial charge in [-0.25, -0.2) is 0 Å². The van der Waals surface area contributed by atoms with E-state index in [1.165, 1.54) is 0 Å². The highest BCUT2D eigenvalue weighted by atomic mass is 16.6. The number of ether oxygens (including phenoxy) is 1. The van der Waals surface area contributed by atoms with E-state index in [0.717, 1.165) is 11.3 Å². The van der Waals surface area contributed by atoms with Crippen molar-refractivity contribution in [2.24, 2.45) is 11.1 Å². The van der Waals surface area contributed by atoms with Gasteiger partial charge in [-0.15, -0.1) is 5.10 Å². The quantitative estimate of drug-likeness (QED) is 0.602. The summed E-state index contributed by atoms with van der Waals surface area (Å²) in [7, 11) is 0. The Morgan fingerprint density at radius 3 is 3.36 bits per heavy atom. The number of oxime groups is 1. The summed E-state index contributed by atoms with van der Waals surface area (Å²) in [5.74, 6) is 0.784. The van der Waals surface area contributed by atoms with E-state index in [4.69, 9.17) is 9.57 Å². The van der Waals surface area contributed by atoms with Gasteiger partial charge >= 0.3 is 0 Å². The van der Waals surface area contributed by atoms with Crippen LogP contribution in [0.1, 0.15) is 12.5 Å². The summed E-state index contributed by atoms with van der Waals surface area (Å²) in [5, 5.41) is 11.7. The molecule has 1 aromatic heterocycles. The van der Waals surface area contributed by atoms with Crippen LogP contribution in [0.5, 0.6) is 5.88 Å². The second-order valence-corrected chi connectivity index (χ2v) is 3.45. The predicted molar refractivity (Wildman–Crippen MR) is 48.1 cm³/mol. The van der Waals surface area contributed by atoms with Crippen molar-refractivity contribution in [1.29, 1.82) is 0 Å². The van der Waals surface area contributed by atoms with E-state index in [1.807, 2.05) is 13.0 Å². The van der Waals surface area contributed by atoms with Gasteiger partial charge in [0.25, 0.3) is 0 Å². The zero-order chi connectivity index (χ0) is 9.54. The second kappa shape index (κ2) is 2.67. The van der Waals surface area contributed by atoms with Crippen LogP contribution in [0.25, 0.3) is 0 Å². The van der Waals surface area contributed by atoms with Gasteiger partial charge in [0.2, 0.25) is 5.88 Å². The molecule has 0 aromatic carbocycles. The number of nitrogens with zero attached hydrogens (tertiary/aromatic N) is 3. The third-order valence-electron chi connectivity index (χ3n) is 2.60. The number of rotatable bonds is 0. The summed E-state index contributed by atoms with van der Waals surface area (Å²) in [6.45, 7) is 2.57. The molecule has 0 amide bonds. The molecular weight excluding hydrogens is 182 g/mol. The molecule has 3 rings (SSSR count). The average Bonchev–Trinajstić information content (AvgIpc) is 2.61. The molecule has 72 valence electrons. The van der Waals surface area contributed by atoms with Crippen molar-refractivity contribution in [1.82, 2.24) is 10.2 Å². The number of hydrogen-bond acceptors (Lipinski definition) is 5. The van der Waals surface area contributed by atoms with Crippen molar-refractivity contribution in [2.45, 2.75) is 13.0 Å². The van der Waals surface area contributed by atoms with Gasteiger partial charge < -0.3 is 9.57 Å². The van der Waals surface area contributed by atoms with Crippen LogP contribution in [0, 0.1) is 5.92 Å². The Morgan fingerprint density at radius 2 is 2.43 bits per heavy atom. The molecule has 0 spiro atoms. The molecule has 0 bridgehead atoms. The van der Waals surface area contributed by atoms with E-state index in [0.29, 0.717) is 12.5 Å². The highest BCUT2D eigenvalue weighted by molar-refractivity contribution is 6.05. The van der Waals surface area contributed by atoms with Gasteiger partial charge in [0, 0.05) is 0 Å². The smallest absolute Gasteiger partial charge is 0.242 e. The lowest BCUT2D eigenvalue weighted by Crippen LogP contribution is -2.32. The molecule has 5 nitrogen and oxygen atoms in total. The lowest BCUT2D eigenvalue weighted by molar-refractivity contribution is 0.0618. The second-order valence-electron chi connectivity index (χ2n) is 3.45. The van der Waals surface area contributed by atoms with Crippen LogP contribution in [0.2, 0.25) is 0 Å². The summed E-state index contributed by atoms with van der Waals surface area (Å²) in [4.78, 5) is 5.22. The van der Waals surface area contributed by atoms with Gasteiger partial charge in [-0.2, -0.15) is 5.10 Å². The molecule has 0 saturated heterocycles. The fourth-order valence-electron chi connectivity index (χ4n) is 1.76. The third-order valence-corrected chi connectivity index (χ3v) is 2.60. The number of aromatic nitrogens is 2. The van der Waals surface area contributed by atoms with Crippen molar-refractivity contribution < 1.29 is 9.57 Å². The first-order valence-electron chi connectivity index (χ1n) is 4.55. The number of fused-ring (bicyclic) bond motifs is 3. The van der Waals surface area contributed by atoms with Crippen LogP contribution < -0.4 is 4.74 Å². The zero-order valence-corrected chi connectivity index (χ0v) is 7.67. The minimum absolute atomic E-state index is 0.0892. The molecule has 2 atom stereocenters. The Morgan fingerprint density at radius 1 is 1.50 bits per heavy atom. The summed E-state index contributed by atoms with van der Waals surface area (Å²) < 4.78 is 5.47. The van der Waals surface area contributed by atoms with E-state index in [-0.39, 0.29) is 12.0 Å². The Bertz CT molecular complexity index is 405. The molecule has 0 fully saturated rings. The maximum Gasteiger partial charge on any atom is 0.242 e. The molecule has 2 unspecified atom stereocenters. The molecule has 0 N–H and O–H groups in total. The van der Waals surface area contributed by atoms with Crippen LogP contribution in [0.4, 0.5) is 0 Å². The van der Waals surface area contributed by atoms with E-state index in [9.17, 15) is 0 Å². The first-order valence-corrected chi connectivity index (χ1v) is 4.55. The van der Waals surface area contributed by atoms with Crippen LogP contribution in [0.3, 0.4) is 0 Å². The van der Waals surface area contributed by atoms with Gasteiger partial charge in [-0.05, 0) is 13.0 Å². The van der Waals surface area contributed by atoms with Crippen molar-refractivity contribution >= 4 is 5.71 Å². The van der Waals surface area contributed by atoms with Gasteiger partial charge in [0.05, 0.1) is 17.7 Å². The Hall–Kier alpha value is -1.65. The Kier molecular flexibility index (Phi) is 1.47. The van der Waals surface area contributed by atoms with Crippen LogP contribution in [-0.2, 0) is 4.84 Å². The van der Waals surface area contributed by atoms with Gasteiger partial charge in [-0.1, -0.05) is 5.16 Å². The summed E-state index contributed by atoms with van der Waals surface area (Å²) in [5.41, 5.74) is 1.84. The summed E-state index contributed by atoms with van der Waals surface area (Å²) >= 11 is 0. The number of hydrogen-bond donors (Lipinski definition) is 0. The molecule has 14 heavy (non-hydrogen) atoms. The van der Waals surface area contributed by atoms with E-state index in [2.05, 4.69) is 15.4 Å².